The van der Waals surface area contributed by atoms with Crippen molar-refractivity contribution in [2.45, 2.75) is 24.8 Å². The highest BCUT2D eigenvalue weighted by atomic mass is 79.9. The van der Waals surface area contributed by atoms with Crippen molar-refractivity contribution in [3.8, 4) is 0 Å². The van der Waals surface area contributed by atoms with E-state index in [0.29, 0.717) is 0 Å². The average Bonchev–Trinajstić information content (AvgIpc) is 2.39. The van der Waals surface area contributed by atoms with Crippen LogP contribution in [0, 0.1) is 6.92 Å². The molecule has 0 aliphatic carbocycles. The van der Waals surface area contributed by atoms with Gasteiger partial charge in [-0.25, -0.2) is 13.1 Å². The highest BCUT2D eigenvalue weighted by Crippen LogP contribution is 2.20. The number of nitrogens with one attached hydrogen (secondary N) is 1. The Balaban J connectivity index is 2.24. The van der Waals surface area contributed by atoms with Crippen molar-refractivity contribution >= 4 is 26.0 Å². The quantitative estimate of drug-likeness (QED) is 0.908. The molecule has 5 heteroatoms. The monoisotopic (exact) mass is 353 g/mol. The van der Waals surface area contributed by atoms with Crippen molar-refractivity contribution in [3.05, 3.63) is 64.1 Å². The third-order valence-corrected chi connectivity index (χ3v) is 5.20. The lowest BCUT2D eigenvalue weighted by Crippen LogP contribution is -2.27. The van der Waals surface area contributed by atoms with E-state index >= 15 is 0 Å². The first kappa shape index (κ1) is 15.2. The highest BCUT2D eigenvalue weighted by Gasteiger charge is 2.18. The van der Waals surface area contributed by atoms with Gasteiger partial charge < -0.3 is 0 Å². The van der Waals surface area contributed by atoms with Gasteiger partial charge in [0.15, 0.2) is 0 Å². The Kier molecular flexibility index (Phi) is 4.62. The number of aryl methyl sites for hydroxylation is 1. The maximum Gasteiger partial charge on any atom is 0.241 e. The molecule has 0 unspecified atom stereocenters. The summed E-state index contributed by atoms with van der Waals surface area (Å²) in [5.41, 5.74) is 2.05. The minimum absolute atomic E-state index is 0.265. The lowest BCUT2D eigenvalue weighted by Gasteiger charge is -2.16. The molecule has 2 aromatic carbocycles. The number of hydrogen-bond acceptors (Lipinski definition) is 2. The van der Waals surface area contributed by atoms with Gasteiger partial charge in [-0.1, -0.05) is 40.2 Å². The SMILES string of the molecule is Cc1ccccc1[C@@H](C)NS(=O)(=O)c1ccc(Br)cc1. The minimum atomic E-state index is -3.51. The standard InChI is InChI=1S/C15H16BrNO2S/c1-11-5-3-4-6-15(11)12(2)17-20(18,19)14-9-7-13(16)8-10-14/h3-10,12,17H,1-2H3/t12-/m1/s1. The van der Waals surface area contributed by atoms with Gasteiger partial charge in [0.05, 0.1) is 4.90 Å². The average molecular weight is 354 g/mol. The fourth-order valence-corrected chi connectivity index (χ4v) is 3.54. The molecule has 0 aromatic heterocycles. The van der Waals surface area contributed by atoms with Crippen molar-refractivity contribution in [2.24, 2.45) is 0 Å². The van der Waals surface area contributed by atoms with Crippen LogP contribution in [0.25, 0.3) is 0 Å². The van der Waals surface area contributed by atoms with Gasteiger partial charge in [-0.3, -0.25) is 0 Å². The summed E-state index contributed by atoms with van der Waals surface area (Å²) in [7, 11) is -3.51. The number of hydrogen-bond donors (Lipinski definition) is 1. The van der Waals surface area contributed by atoms with E-state index in [1.807, 2.05) is 38.1 Å². The van der Waals surface area contributed by atoms with E-state index in [1.165, 1.54) is 0 Å². The zero-order chi connectivity index (χ0) is 14.8. The molecular weight excluding hydrogens is 338 g/mol. The Hall–Kier alpha value is -1.17. The zero-order valence-corrected chi connectivity index (χ0v) is 13.7. The summed E-state index contributed by atoms with van der Waals surface area (Å²) >= 11 is 3.29. The van der Waals surface area contributed by atoms with E-state index in [0.717, 1.165) is 15.6 Å². The number of rotatable bonds is 4. The van der Waals surface area contributed by atoms with E-state index in [4.69, 9.17) is 0 Å². The molecule has 0 aliphatic heterocycles. The molecule has 0 spiro atoms. The fourth-order valence-electron chi connectivity index (χ4n) is 2.05. The van der Waals surface area contributed by atoms with Crippen LogP contribution in [0.5, 0.6) is 0 Å². The summed E-state index contributed by atoms with van der Waals surface area (Å²) in [6, 6.07) is 14.1. The molecule has 0 saturated heterocycles. The van der Waals surface area contributed by atoms with E-state index in [1.54, 1.807) is 24.3 Å². The van der Waals surface area contributed by atoms with Crippen LogP contribution in [0.4, 0.5) is 0 Å². The molecule has 2 aromatic rings. The van der Waals surface area contributed by atoms with Crippen LogP contribution in [0.15, 0.2) is 57.9 Å². The second kappa shape index (κ2) is 6.08. The Labute approximate surface area is 128 Å². The molecule has 0 fully saturated rings. The molecule has 0 aliphatic rings. The molecule has 0 radical (unpaired) electrons. The number of halogens is 1. The normalized spacial score (nSPS) is 13.2. The van der Waals surface area contributed by atoms with Gasteiger partial charge in [0.25, 0.3) is 0 Å². The molecule has 106 valence electrons. The topological polar surface area (TPSA) is 46.2 Å². The first-order valence-corrected chi connectivity index (χ1v) is 8.51. The van der Waals surface area contributed by atoms with Gasteiger partial charge in [-0.15, -0.1) is 0 Å². The van der Waals surface area contributed by atoms with Gasteiger partial charge in [0, 0.05) is 10.5 Å². The van der Waals surface area contributed by atoms with Gasteiger partial charge in [0.1, 0.15) is 0 Å². The van der Waals surface area contributed by atoms with Crippen molar-refractivity contribution < 1.29 is 8.42 Å². The lowest BCUT2D eigenvalue weighted by molar-refractivity contribution is 0.566. The molecule has 0 amide bonds. The summed E-state index contributed by atoms with van der Waals surface area (Å²) < 4.78 is 28.2. The largest absolute Gasteiger partial charge is 0.241 e. The Morgan fingerprint density at radius 3 is 2.25 bits per heavy atom. The van der Waals surface area contributed by atoms with Crippen molar-refractivity contribution in [1.29, 1.82) is 0 Å². The van der Waals surface area contributed by atoms with Crippen molar-refractivity contribution in [2.75, 3.05) is 0 Å². The van der Waals surface area contributed by atoms with Gasteiger partial charge in [0.2, 0.25) is 10.0 Å². The molecule has 0 saturated carbocycles. The predicted octanol–water partition coefficient (Wildman–Crippen LogP) is 3.80. The van der Waals surface area contributed by atoms with Crippen LogP contribution in [-0.2, 0) is 10.0 Å². The Morgan fingerprint density at radius 1 is 1.05 bits per heavy atom. The van der Waals surface area contributed by atoms with Gasteiger partial charge >= 0.3 is 0 Å². The molecule has 0 heterocycles. The Morgan fingerprint density at radius 2 is 1.65 bits per heavy atom. The van der Waals surface area contributed by atoms with Gasteiger partial charge in [-0.05, 0) is 49.2 Å². The summed E-state index contributed by atoms with van der Waals surface area (Å²) in [6.07, 6.45) is 0. The molecule has 1 N–H and O–H groups in total. The molecular formula is C15H16BrNO2S. The van der Waals surface area contributed by atoms with Crippen LogP contribution >= 0.6 is 15.9 Å². The van der Waals surface area contributed by atoms with Gasteiger partial charge in [-0.2, -0.15) is 0 Å². The third-order valence-electron chi connectivity index (χ3n) is 3.11. The van der Waals surface area contributed by atoms with E-state index in [2.05, 4.69) is 20.7 Å². The van der Waals surface area contributed by atoms with Crippen LogP contribution in [-0.4, -0.2) is 8.42 Å². The molecule has 0 bridgehead atoms. The molecule has 3 nitrogen and oxygen atoms in total. The predicted molar refractivity (Wildman–Crippen MR) is 84.1 cm³/mol. The van der Waals surface area contributed by atoms with E-state index in [9.17, 15) is 8.42 Å². The molecule has 20 heavy (non-hydrogen) atoms. The number of sulfonamides is 1. The summed E-state index contributed by atoms with van der Waals surface area (Å²) in [4.78, 5) is 0.265. The molecule has 2 rings (SSSR count). The highest BCUT2D eigenvalue weighted by molar-refractivity contribution is 9.10. The Bertz CT molecular complexity index is 696. The van der Waals surface area contributed by atoms with Crippen LogP contribution in [0.3, 0.4) is 0 Å². The van der Waals surface area contributed by atoms with E-state index < -0.39 is 10.0 Å². The smallest absolute Gasteiger partial charge is 0.207 e. The first-order valence-electron chi connectivity index (χ1n) is 6.23. The van der Waals surface area contributed by atoms with Crippen molar-refractivity contribution in [1.82, 2.24) is 4.72 Å². The van der Waals surface area contributed by atoms with E-state index in [-0.39, 0.29) is 10.9 Å². The van der Waals surface area contributed by atoms with Crippen LogP contribution in [0.1, 0.15) is 24.1 Å². The minimum Gasteiger partial charge on any atom is -0.207 e. The lowest BCUT2D eigenvalue weighted by atomic mass is 10.0. The maximum absolute atomic E-state index is 12.3. The summed E-state index contributed by atoms with van der Waals surface area (Å²) in [5.74, 6) is 0. The maximum atomic E-state index is 12.3. The third kappa shape index (κ3) is 3.48. The first-order chi connectivity index (χ1) is 9.40. The second-order valence-corrected chi connectivity index (χ2v) is 7.28. The zero-order valence-electron chi connectivity index (χ0n) is 11.3. The van der Waals surface area contributed by atoms with Crippen LogP contribution < -0.4 is 4.72 Å². The van der Waals surface area contributed by atoms with Crippen molar-refractivity contribution in [3.63, 3.8) is 0 Å². The molecule has 1 atom stereocenters. The van der Waals surface area contributed by atoms with Crippen LogP contribution in [0.2, 0.25) is 0 Å². The summed E-state index contributed by atoms with van der Waals surface area (Å²) in [5, 5.41) is 0. The fraction of sp³-hybridized carbons (Fsp3) is 0.200. The summed E-state index contributed by atoms with van der Waals surface area (Å²) in [6.45, 7) is 3.82. The number of benzene rings is 2. The second-order valence-electron chi connectivity index (χ2n) is 4.65.